The molecule has 0 aliphatic heterocycles. The Morgan fingerprint density at radius 1 is 1.30 bits per heavy atom. The van der Waals surface area contributed by atoms with Gasteiger partial charge in [-0.05, 0) is 31.0 Å². The van der Waals surface area contributed by atoms with Crippen LogP contribution in [0.5, 0.6) is 0 Å². The molecule has 1 aromatic carbocycles. The van der Waals surface area contributed by atoms with Gasteiger partial charge < -0.3 is 11.1 Å². The fraction of sp³-hybridized carbons (Fsp3) is 0.500. The molecule has 0 unspecified atom stereocenters. The van der Waals surface area contributed by atoms with Crippen molar-refractivity contribution < 1.29 is 13.2 Å². The normalized spacial score (nSPS) is 23.3. The predicted molar refractivity (Wildman–Crippen MR) is 77.2 cm³/mol. The fourth-order valence-corrected chi connectivity index (χ4v) is 3.13. The third-order valence-electron chi connectivity index (χ3n) is 3.66. The molecule has 0 radical (unpaired) electrons. The third-order valence-corrected chi connectivity index (χ3v) is 4.77. The summed E-state index contributed by atoms with van der Waals surface area (Å²) in [5.74, 6) is -0.266. The minimum absolute atomic E-state index is 0.0224. The van der Waals surface area contributed by atoms with Gasteiger partial charge in [0.05, 0.1) is 4.90 Å². The van der Waals surface area contributed by atoms with Crippen LogP contribution in [0.2, 0.25) is 0 Å². The van der Waals surface area contributed by atoms with E-state index in [1.807, 2.05) is 0 Å². The molecular formula is C14H20N2O3S. The maximum Gasteiger partial charge on any atom is 0.251 e. The molecule has 2 atom stereocenters. The summed E-state index contributed by atoms with van der Waals surface area (Å²) in [6.45, 7) is 0. The van der Waals surface area contributed by atoms with Crippen LogP contribution in [-0.2, 0) is 9.84 Å². The molecule has 1 aromatic rings. The van der Waals surface area contributed by atoms with E-state index in [-0.39, 0.29) is 22.9 Å². The van der Waals surface area contributed by atoms with E-state index in [4.69, 9.17) is 5.73 Å². The first-order valence-corrected chi connectivity index (χ1v) is 8.63. The average molecular weight is 296 g/mol. The van der Waals surface area contributed by atoms with E-state index in [9.17, 15) is 13.2 Å². The van der Waals surface area contributed by atoms with Gasteiger partial charge in [-0.1, -0.05) is 18.9 Å². The number of nitrogens with one attached hydrogen (secondary N) is 1. The van der Waals surface area contributed by atoms with Crippen molar-refractivity contribution in [3.63, 3.8) is 0 Å². The van der Waals surface area contributed by atoms with Gasteiger partial charge in [0.15, 0.2) is 9.84 Å². The van der Waals surface area contributed by atoms with Gasteiger partial charge in [-0.25, -0.2) is 8.42 Å². The van der Waals surface area contributed by atoms with Crippen molar-refractivity contribution in [2.24, 2.45) is 5.73 Å². The number of carbonyl (C=O) groups is 1. The number of hydrogen-bond acceptors (Lipinski definition) is 4. The molecule has 1 aliphatic carbocycles. The number of sulfone groups is 1. The Hall–Kier alpha value is -1.40. The average Bonchev–Trinajstić information content (AvgIpc) is 2.40. The number of benzene rings is 1. The molecule has 0 heterocycles. The van der Waals surface area contributed by atoms with Crippen molar-refractivity contribution in [1.82, 2.24) is 5.32 Å². The van der Waals surface area contributed by atoms with Crippen LogP contribution in [0.4, 0.5) is 0 Å². The second-order valence-corrected chi connectivity index (χ2v) is 7.34. The molecule has 0 saturated heterocycles. The summed E-state index contributed by atoms with van der Waals surface area (Å²) in [4.78, 5) is 12.3. The van der Waals surface area contributed by atoms with Crippen LogP contribution in [0.3, 0.4) is 0 Å². The molecule has 0 bridgehead atoms. The first-order chi connectivity index (χ1) is 9.38. The minimum Gasteiger partial charge on any atom is -0.348 e. The van der Waals surface area contributed by atoms with Crippen LogP contribution in [0.25, 0.3) is 0 Å². The number of nitrogens with two attached hydrogens (primary N) is 1. The van der Waals surface area contributed by atoms with Crippen molar-refractivity contribution in [2.75, 3.05) is 6.26 Å². The Morgan fingerprint density at radius 3 is 2.65 bits per heavy atom. The maximum absolute atomic E-state index is 12.2. The third kappa shape index (κ3) is 3.58. The number of rotatable bonds is 3. The van der Waals surface area contributed by atoms with Crippen molar-refractivity contribution in [1.29, 1.82) is 0 Å². The van der Waals surface area contributed by atoms with E-state index in [2.05, 4.69) is 5.32 Å². The quantitative estimate of drug-likeness (QED) is 0.873. The lowest BCUT2D eigenvalue weighted by molar-refractivity contribution is 0.0921. The number of hydrogen-bond donors (Lipinski definition) is 2. The second kappa shape index (κ2) is 5.93. The second-order valence-electron chi connectivity index (χ2n) is 5.33. The molecule has 1 saturated carbocycles. The monoisotopic (exact) mass is 296 g/mol. The van der Waals surface area contributed by atoms with Crippen LogP contribution in [-0.4, -0.2) is 32.7 Å². The van der Waals surface area contributed by atoms with E-state index >= 15 is 0 Å². The molecule has 2 rings (SSSR count). The summed E-state index contributed by atoms with van der Waals surface area (Å²) >= 11 is 0. The van der Waals surface area contributed by atoms with E-state index in [0.717, 1.165) is 31.9 Å². The molecule has 20 heavy (non-hydrogen) atoms. The van der Waals surface area contributed by atoms with Crippen LogP contribution in [0.1, 0.15) is 36.0 Å². The summed E-state index contributed by atoms with van der Waals surface area (Å²) in [5, 5.41) is 2.90. The standard InChI is InChI=1S/C14H20N2O3S/c1-20(18,19)11-6-4-5-10(9-11)14(17)16-13-8-3-2-7-12(13)15/h4-6,9,12-13H,2-3,7-8,15H2,1H3,(H,16,17)/t12-,13-/m1/s1. The number of amides is 1. The van der Waals surface area contributed by atoms with Gasteiger partial charge in [0.2, 0.25) is 0 Å². The van der Waals surface area contributed by atoms with Crippen LogP contribution in [0.15, 0.2) is 29.2 Å². The van der Waals surface area contributed by atoms with Crippen molar-refractivity contribution >= 4 is 15.7 Å². The summed E-state index contributed by atoms with van der Waals surface area (Å²) < 4.78 is 23.0. The zero-order valence-electron chi connectivity index (χ0n) is 11.5. The molecule has 0 aromatic heterocycles. The highest BCUT2D eigenvalue weighted by molar-refractivity contribution is 7.90. The molecule has 5 nitrogen and oxygen atoms in total. The Balaban J connectivity index is 2.13. The summed E-state index contributed by atoms with van der Waals surface area (Å²) in [6, 6.07) is 6.02. The van der Waals surface area contributed by atoms with E-state index < -0.39 is 9.84 Å². The lowest BCUT2D eigenvalue weighted by Gasteiger charge is -2.29. The Kier molecular flexibility index (Phi) is 4.45. The van der Waals surface area contributed by atoms with E-state index in [0.29, 0.717) is 5.56 Å². The molecule has 3 N–H and O–H groups in total. The zero-order chi connectivity index (χ0) is 14.8. The first kappa shape index (κ1) is 15.0. The summed E-state index contributed by atoms with van der Waals surface area (Å²) in [7, 11) is -3.31. The Bertz CT molecular complexity index is 598. The Morgan fingerprint density at radius 2 is 2.00 bits per heavy atom. The van der Waals surface area contributed by atoms with Crippen LogP contribution in [0, 0.1) is 0 Å². The van der Waals surface area contributed by atoms with Gasteiger partial charge in [0, 0.05) is 23.9 Å². The topological polar surface area (TPSA) is 89.3 Å². The smallest absolute Gasteiger partial charge is 0.251 e. The molecule has 110 valence electrons. The lowest BCUT2D eigenvalue weighted by atomic mass is 9.91. The van der Waals surface area contributed by atoms with Crippen LogP contribution >= 0.6 is 0 Å². The van der Waals surface area contributed by atoms with Crippen LogP contribution < -0.4 is 11.1 Å². The lowest BCUT2D eigenvalue weighted by Crippen LogP contribution is -2.49. The van der Waals surface area contributed by atoms with Gasteiger partial charge in [0.1, 0.15) is 0 Å². The van der Waals surface area contributed by atoms with E-state index in [1.54, 1.807) is 12.1 Å². The fourth-order valence-electron chi connectivity index (χ4n) is 2.46. The molecule has 1 aliphatic rings. The Labute approximate surface area is 119 Å². The maximum atomic E-state index is 12.2. The summed E-state index contributed by atoms with van der Waals surface area (Å²) in [5.41, 5.74) is 6.35. The van der Waals surface area contributed by atoms with Gasteiger partial charge >= 0.3 is 0 Å². The number of carbonyl (C=O) groups excluding carboxylic acids is 1. The molecule has 1 amide bonds. The summed E-state index contributed by atoms with van der Waals surface area (Å²) in [6.07, 6.45) is 5.06. The highest BCUT2D eigenvalue weighted by Gasteiger charge is 2.24. The minimum atomic E-state index is -3.31. The molecule has 1 fully saturated rings. The van der Waals surface area contributed by atoms with E-state index in [1.165, 1.54) is 12.1 Å². The SMILES string of the molecule is CS(=O)(=O)c1cccc(C(=O)N[C@@H]2CCCC[C@H]2N)c1. The van der Waals surface area contributed by atoms with Crippen molar-refractivity contribution in [3.05, 3.63) is 29.8 Å². The van der Waals surface area contributed by atoms with Gasteiger partial charge in [-0.2, -0.15) is 0 Å². The van der Waals surface area contributed by atoms with Gasteiger partial charge in [-0.15, -0.1) is 0 Å². The molecule has 6 heteroatoms. The highest BCUT2D eigenvalue weighted by Crippen LogP contribution is 2.18. The highest BCUT2D eigenvalue weighted by atomic mass is 32.2. The molecular weight excluding hydrogens is 276 g/mol. The first-order valence-electron chi connectivity index (χ1n) is 6.74. The largest absolute Gasteiger partial charge is 0.348 e. The van der Waals surface area contributed by atoms with Gasteiger partial charge in [0.25, 0.3) is 5.91 Å². The predicted octanol–water partition coefficient (Wildman–Crippen LogP) is 1.09. The van der Waals surface area contributed by atoms with Gasteiger partial charge in [-0.3, -0.25) is 4.79 Å². The van der Waals surface area contributed by atoms with Crippen molar-refractivity contribution in [2.45, 2.75) is 42.7 Å². The van der Waals surface area contributed by atoms with Crippen molar-refractivity contribution in [3.8, 4) is 0 Å². The molecule has 0 spiro atoms. The zero-order valence-corrected chi connectivity index (χ0v) is 12.3.